The van der Waals surface area contributed by atoms with Gasteiger partial charge >= 0.3 is 0 Å². The summed E-state index contributed by atoms with van der Waals surface area (Å²) < 4.78 is 0. The first-order chi connectivity index (χ1) is 8.29. The molecule has 2 heterocycles. The van der Waals surface area contributed by atoms with Crippen molar-refractivity contribution < 1.29 is 0 Å². The zero-order valence-electron chi connectivity index (χ0n) is 10.3. The summed E-state index contributed by atoms with van der Waals surface area (Å²) in [5.41, 5.74) is 0. The largest absolute Gasteiger partial charge is 0.309 e. The van der Waals surface area contributed by atoms with Gasteiger partial charge in [-0.15, -0.1) is 22.7 Å². The highest BCUT2D eigenvalue weighted by Gasteiger charge is 2.13. The first kappa shape index (κ1) is 12.7. The van der Waals surface area contributed by atoms with E-state index in [9.17, 15) is 0 Å². The van der Waals surface area contributed by atoms with Crippen LogP contribution in [-0.2, 0) is 6.42 Å². The van der Waals surface area contributed by atoms with E-state index in [1.165, 1.54) is 9.75 Å². The number of rotatable bonds is 6. The van der Waals surface area contributed by atoms with Gasteiger partial charge in [0.15, 0.2) is 0 Å². The van der Waals surface area contributed by atoms with E-state index in [4.69, 9.17) is 0 Å². The van der Waals surface area contributed by atoms with Gasteiger partial charge in [0.25, 0.3) is 0 Å². The van der Waals surface area contributed by atoms with Gasteiger partial charge in [-0.25, -0.2) is 4.98 Å². The Morgan fingerprint density at radius 3 is 2.94 bits per heavy atom. The van der Waals surface area contributed by atoms with Gasteiger partial charge in [0, 0.05) is 22.0 Å². The maximum Gasteiger partial charge on any atom is 0.0897 e. The third-order valence-electron chi connectivity index (χ3n) is 2.69. The highest BCUT2D eigenvalue weighted by Crippen LogP contribution is 2.25. The molecule has 0 aliphatic rings. The summed E-state index contributed by atoms with van der Waals surface area (Å²) in [6.45, 7) is 5.23. The predicted molar refractivity (Wildman–Crippen MR) is 75.9 cm³/mol. The van der Waals surface area contributed by atoms with Crippen LogP contribution in [0.1, 0.15) is 34.1 Å². The molecule has 1 N–H and O–H groups in total. The van der Waals surface area contributed by atoms with E-state index >= 15 is 0 Å². The minimum atomic E-state index is 0.452. The highest BCUT2D eigenvalue weighted by molar-refractivity contribution is 7.11. The van der Waals surface area contributed by atoms with Gasteiger partial charge in [-0.2, -0.15) is 0 Å². The number of thiophene rings is 1. The fourth-order valence-corrected chi connectivity index (χ4v) is 3.49. The second-order valence-corrected chi connectivity index (χ2v) is 6.31. The summed E-state index contributed by atoms with van der Waals surface area (Å²) in [5.74, 6) is 0. The summed E-state index contributed by atoms with van der Waals surface area (Å²) in [4.78, 5) is 7.17. The standard InChI is InChI=1S/C13H18N2S2/c1-3-14-12(13-9-15-10(2)17-13)7-6-11-5-4-8-16-11/h4-5,8-9,12,14H,3,6-7H2,1-2H3. The van der Waals surface area contributed by atoms with Crippen LogP contribution in [0.5, 0.6) is 0 Å². The molecule has 1 atom stereocenters. The SMILES string of the molecule is CCNC(CCc1cccs1)c1cnc(C)s1. The van der Waals surface area contributed by atoms with E-state index in [0.29, 0.717) is 6.04 Å². The second-order valence-electron chi connectivity index (χ2n) is 4.01. The van der Waals surface area contributed by atoms with Crippen molar-refractivity contribution >= 4 is 22.7 Å². The van der Waals surface area contributed by atoms with Crippen LogP contribution < -0.4 is 5.32 Å². The summed E-state index contributed by atoms with van der Waals surface area (Å²) in [5, 5.41) is 6.85. The van der Waals surface area contributed by atoms with Crippen molar-refractivity contribution in [3.8, 4) is 0 Å². The van der Waals surface area contributed by atoms with Crippen molar-refractivity contribution in [3.63, 3.8) is 0 Å². The van der Waals surface area contributed by atoms with Crippen LogP contribution in [0.4, 0.5) is 0 Å². The van der Waals surface area contributed by atoms with E-state index in [-0.39, 0.29) is 0 Å². The number of thiazole rings is 1. The fraction of sp³-hybridized carbons (Fsp3) is 0.462. The van der Waals surface area contributed by atoms with Gasteiger partial charge < -0.3 is 5.32 Å². The smallest absolute Gasteiger partial charge is 0.0897 e. The zero-order chi connectivity index (χ0) is 12.1. The van der Waals surface area contributed by atoms with Crippen LogP contribution in [-0.4, -0.2) is 11.5 Å². The molecule has 0 spiro atoms. The lowest BCUT2D eigenvalue weighted by molar-refractivity contribution is 0.524. The lowest BCUT2D eigenvalue weighted by Gasteiger charge is -2.15. The Labute approximate surface area is 111 Å². The minimum absolute atomic E-state index is 0.452. The van der Waals surface area contributed by atoms with Crippen molar-refractivity contribution in [3.05, 3.63) is 38.5 Å². The van der Waals surface area contributed by atoms with E-state index in [1.807, 2.05) is 17.5 Å². The molecule has 92 valence electrons. The summed E-state index contributed by atoms with van der Waals surface area (Å²) in [6.07, 6.45) is 4.31. The Hall–Kier alpha value is -0.710. The van der Waals surface area contributed by atoms with Crippen molar-refractivity contribution in [1.82, 2.24) is 10.3 Å². The second kappa shape index (κ2) is 6.28. The number of hydrogen-bond donors (Lipinski definition) is 1. The molecule has 0 saturated heterocycles. The van der Waals surface area contributed by atoms with Gasteiger partial charge in [-0.05, 0) is 37.8 Å². The summed E-state index contributed by atoms with van der Waals surface area (Å²) in [6, 6.07) is 4.79. The summed E-state index contributed by atoms with van der Waals surface area (Å²) >= 11 is 3.65. The molecule has 17 heavy (non-hydrogen) atoms. The Morgan fingerprint density at radius 1 is 1.47 bits per heavy atom. The Kier molecular flexibility index (Phi) is 4.71. The van der Waals surface area contributed by atoms with Crippen LogP contribution in [0.15, 0.2) is 23.7 Å². The van der Waals surface area contributed by atoms with Crippen LogP contribution in [0, 0.1) is 6.92 Å². The number of aromatic nitrogens is 1. The maximum absolute atomic E-state index is 4.35. The lowest BCUT2D eigenvalue weighted by atomic mass is 10.1. The highest BCUT2D eigenvalue weighted by atomic mass is 32.1. The quantitative estimate of drug-likeness (QED) is 0.860. The topological polar surface area (TPSA) is 24.9 Å². The molecule has 0 radical (unpaired) electrons. The minimum Gasteiger partial charge on any atom is -0.309 e. The zero-order valence-corrected chi connectivity index (χ0v) is 11.9. The number of hydrogen-bond acceptors (Lipinski definition) is 4. The number of aryl methyl sites for hydroxylation is 2. The van der Waals surface area contributed by atoms with Gasteiger partial charge in [0.2, 0.25) is 0 Å². The molecule has 4 heteroatoms. The average molecular weight is 266 g/mol. The third-order valence-corrected chi connectivity index (χ3v) is 4.66. The number of nitrogens with zero attached hydrogens (tertiary/aromatic N) is 1. The van der Waals surface area contributed by atoms with Crippen molar-refractivity contribution in [2.24, 2.45) is 0 Å². The van der Waals surface area contributed by atoms with E-state index in [2.05, 4.69) is 41.7 Å². The molecule has 2 aromatic heterocycles. The van der Waals surface area contributed by atoms with Crippen LogP contribution in [0.2, 0.25) is 0 Å². The van der Waals surface area contributed by atoms with Crippen LogP contribution in [0.3, 0.4) is 0 Å². The average Bonchev–Trinajstić information content (AvgIpc) is 2.95. The van der Waals surface area contributed by atoms with Crippen molar-refractivity contribution in [2.45, 2.75) is 32.7 Å². The molecule has 0 amide bonds. The molecular formula is C13H18N2S2. The van der Waals surface area contributed by atoms with E-state index in [0.717, 1.165) is 24.4 Å². The molecule has 2 aromatic rings. The van der Waals surface area contributed by atoms with Crippen molar-refractivity contribution in [1.29, 1.82) is 0 Å². The van der Waals surface area contributed by atoms with Gasteiger partial charge in [0.1, 0.15) is 0 Å². The molecule has 0 fully saturated rings. The predicted octanol–water partition coefficient (Wildman–Crippen LogP) is 3.80. The van der Waals surface area contributed by atoms with E-state index < -0.39 is 0 Å². The summed E-state index contributed by atoms with van der Waals surface area (Å²) in [7, 11) is 0. The molecule has 0 aliphatic heterocycles. The van der Waals surface area contributed by atoms with Crippen LogP contribution in [0.25, 0.3) is 0 Å². The maximum atomic E-state index is 4.35. The fourth-order valence-electron chi connectivity index (χ4n) is 1.87. The normalized spacial score (nSPS) is 12.8. The third kappa shape index (κ3) is 3.63. The lowest BCUT2D eigenvalue weighted by Crippen LogP contribution is -2.20. The number of nitrogens with one attached hydrogen (secondary N) is 1. The first-order valence-corrected chi connectivity index (χ1v) is 7.67. The monoisotopic (exact) mass is 266 g/mol. The molecule has 2 rings (SSSR count). The van der Waals surface area contributed by atoms with Crippen LogP contribution >= 0.6 is 22.7 Å². The Bertz CT molecular complexity index is 434. The van der Waals surface area contributed by atoms with E-state index in [1.54, 1.807) is 11.3 Å². The molecular weight excluding hydrogens is 248 g/mol. The molecule has 0 bridgehead atoms. The van der Waals surface area contributed by atoms with Gasteiger partial charge in [0.05, 0.1) is 5.01 Å². The van der Waals surface area contributed by atoms with Gasteiger partial charge in [-0.1, -0.05) is 13.0 Å². The molecule has 0 saturated carbocycles. The molecule has 2 nitrogen and oxygen atoms in total. The Balaban J connectivity index is 1.97. The van der Waals surface area contributed by atoms with Crippen molar-refractivity contribution in [2.75, 3.05) is 6.54 Å². The Morgan fingerprint density at radius 2 is 2.35 bits per heavy atom. The van der Waals surface area contributed by atoms with Gasteiger partial charge in [-0.3, -0.25) is 0 Å². The molecule has 0 aliphatic carbocycles. The molecule has 1 unspecified atom stereocenters. The first-order valence-electron chi connectivity index (χ1n) is 5.97. The molecule has 0 aromatic carbocycles.